The van der Waals surface area contributed by atoms with Gasteiger partial charge in [0.2, 0.25) is 0 Å². The number of rotatable bonds is 3. The minimum Gasteiger partial charge on any atom is -0.380 e. The van der Waals surface area contributed by atoms with Crippen LogP contribution in [-0.4, -0.2) is 31.3 Å². The van der Waals surface area contributed by atoms with Crippen molar-refractivity contribution in [2.75, 3.05) is 31.2 Å². The third-order valence-electron chi connectivity index (χ3n) is 3.18. The molecule has 4 heteroatoms. The van der Waals surface area contributed by atoms with E-state index in [2.05, 4.69) is 30.9 Å². The minimum absolute atomic E-state index is 0.426. The zero-order chi connectivity index (χ0) is 13.0. The van der Waals surface area contributed by atoms with Gasteiger partial charge in [0, 0.05) is 31.3 Å². The molecule has 3 nitrogen and oxygen atoms in total. The summed E-state index contributed by atoms with van der Waals surface area (Å²) in [6, 6.07) is 4.21. The zero-order valence-corrected chi connectivity index (χ0v) is 11.9. The summed E-state index contributed by atoms with van der Waals surface area (Å²) in [7, 11) is 0. The van der Waals surface area contributed by atoms with E-state index in [1.165, 1.54) is 0 Å². The number of hydrogen-bond acceptors (Lipinski definition) is 3. The highest BCUT2D eigenvalue weighted by atomic mass is 35.5. The predicted molar refractivity (Wildman–Crippen MR) is 75.5 cm³/mol. The molecule has 18 heavy (non-hydrogen) atoms. The molecule has 1 fully saturated rings. The van der Waals surface area contributed by atoms with Crippen molar-refractivity contribution in [2.24, 2.45) is 0 Å². The van der Waals surface area contributed by atoms with Gasteiger partial charge in [-0.1, -0.05) is 13.8 Å². The molecule has 100 valence electrons. The van der Waals surface area contributed by atoms with Crippen LogP contribution < -0.4 is 4.90 Å². The summed E-state index contributed by atoms with van der Waals surface area (Å²) >= 11 is 5.98. The molecule has 0 bridgehead atoms. The van der Waals surface area contributed by atoms with Gasteiger partial charge in [-0.2, -0.15) is 0 Å². The first kappa shape index (κ1) is 13.6. The van der Waals surface area contributed by atoms with Gasteiger partial charge >= 0.3 is 0 Å². The Morgan fingerprint density at radius 2 is 2.17 bits per heavy atom. The van der Waals surface area contributed by atoms with Gasteiger partial charge in [0.15, 0.2) is 0 Å². The van der Waals surface area contributed by atoms with E-state index in [9.17, 15) is 0 Å². The van der Waals surface area contributed by atoms with Crippen molar-refractivity contribution >= 4 is 17.4 Å². The van der Waals surface area contributed by atoms with Gasteiger partial charge in [-0.05, 0) is 30.0 Å². The van der Waals surface area contributed by atoms with Crippen LogP contribution in [-0.2, 0) is 10.6 Å². The number of alkyl halides is 1. The van der Waals surface area contributed by atoms with E-state index in [0.717, 1.165) is 49.8 Å². The highest BCUT2D eigenvalue weighted by Gasteiger charge is 2.14. The highest BCUT2D eigenvalue weighted by Crippen LogP contribution is 2.22. The van der Waals surface area contributed by atoms with Gasteiger partial charge in [0.1, 0.15) is 5.82 Å². The molecule has 0 spiro atoms. The van der Waals surface area contributed by atoms with E-state index in [0.29, 0.717) is 11.8 Å². The third kappa shape index (κ3) is 3.36. The van der Waals surface area contributed by atoms with Crippen molar-refractivity contribution in [1.82, 2.24) is 4.98 Å². The van der Waals surface area contributed by atoms with E-state index < -0.39 is 0 Å². The molecule has 1 aromatic rings. The maximum Gasteiger partial charge on any atom is 0.129 e. The van der Waals surface area contributed by atoms with Crippen LogP contribution in [0.25, 0.3) is 0 Å². The Balaban J connectivity index is 2.27. The number of pyridine rings is 1. The lowest BCUT2D eigenvalue weighted by Gasteiger charge is -2.22. The first-order valence-electron chi connectivity index (χ1n) is 6.60. The summed E-state index contributed by atoms with van der Waals surface area (Å²) < 4.78 is 5.48. The first-order chi connectivity index (χ1) is 8.70. The van der Waals surface area contributed by atoms with Crippen molar-refractivity contribution < 1.29 is 4.74 Å². The summed E-state index contributed by atoms with van der Waals surface area (Å²) in [5.41, 5.74) is 2.27. The zero-order valence-electron chi connectivity index (χ0n) is 11.2. The fourth-order valence-corrected chi connectivity index (χ4v) is 2.26. The van der Waals surface area contributed by atoms with Gasteiger partial charge in [-0.15, -0.1) is 11.6 Å². The number of hydrogen-bond donors (Lipinski definition) is 0. The van der Waals surface area contributed by atoms with E-state index in [1.807, 2.05) is 0 Å². The van der Waals surface area contributed by atoms with Crippen LogP contribution in [0.1, 0.15) is 37.4 Å². The Morgan fingerprint density at radius 3 is 2.89 bits per heavy atom. The molecule has 1 aliphatic rings. The van der Waals surface area contributed by atoms with Crippen LogP contribution in [0.5, 0.6) is 0 Å². The molecule has 1 aliphatic heterocycles. The van der Waals surface area contributed by atoms with Crippen LogP contribution in [0, 0.1) is 0 Å². The fourth-order valence-electron chi connectivity index (χ4n) is 2.10. The maximum absolute atomic E-state index is 5.98. The van der Waals surface area contributed by atoms with Crippen LogP contribution in [0.3, 0.4) is 0 Å². The largest absolute Gasteiger partial charge is 0.380 e. The van der Waals surface area contributed by atoms with E-state index in [4.69, 9.17) is 21.3 Å². The topological polar surface area (TPSA) is 25.4 Å². The Hall–Kier alpha value is -0.800. The number of nitrogens with zero attached hydrogens (tertiary/aromatic N) is 2. The van der Waals surface area contributed by atoms with Gasteiger partial charge < -0.3 is 9.64 Å². The van der Waals surface area contributed by atoms with Crippen LogP contribution in [0.4, 0.5) is 5.82 Å². The predicted octanol–water partition coefficient (Wildman–Crippen LogP) is 3.17. The first-order valence-corrected chi connectivity index (χ1v) is 7.13. The number of aromatic nitrogens is 1. The lowest BCUT2D eigenvalue weighted by atomic mass is 10.1. The van der Waals surface area contributed by atoms with Crippen LogP contribution in [0.2, 0.25) is 0 Å². The van der Waals surface area contributed by atoms with Crippen molar-refractivity contribution in [2.45, 2.75) is 32.1 Å². The molecule has 0 saturated carbocycles. The number of halogens is 1. The standard InChI is InChI=1S/C14H21ClN2O/c1-11(2)13-8-12(10-15)9-14(16-13)17-4-3-6-18-7-5-17/h8-9,11H,3-7,10H2,1-2H3. The second-order valence-electron chi connectivity index (χ2n) is 5.00. The molecule has 2 heterocycles. The Morgan fingerprint density at radius 1 is 1.33 bits per heavy atom. The average molecular weight is 269 g/mol. The van der Waals surface area contributed by atoms with Crippen LogP contribution in [0.15, 0.2) is 12.1 Å². The highest BCUT2D eigenvalue weighted by molar-refractivity contribution is 6.17. The van der Waals surface area contributed by atoms with Crippen LogP contribution >= 0.6 is 11.6 Å². The Kier molecular flexibility index (Phi) is 4.84. The molecule has 0 amide bonds. The fraction of sp³-hybridized carbons (Fsp3) is 0.643. The van der Waals surface area contributed by atoms with Gasteiger partial charge in [0.25, 0.3) is 0 Å². The van der Waals surface area contributed by atoms with Gasteiger partial charge in [-0.25, -0.2) is 4.98 Å². The molecule has 0 N–H and O–H groups in total. The summed E-state index contributed by atoms with van der Waals surface area (Å²) in [6.07, 6.45) is 1.06. The molecule has 0 atom stereocenters. The molecular weight excluding hydrogens is 248 g/mol. The second kappa shape index (κ2) is 6.39. The summed E-state index contributed by atoms with van der Waals surface area (Å²) in [5.74, 6) is 2.01. The smallest absolute Gasteiger partial charge is 0.129 e. The summed E-state index contributed by atoms with van der Waals surface area (Å²) in [4.78, 5) is 7.06. The number of ether oxygens (including phenoxy) is 1. The number of anilines is 1. The average Bonchev–Trinajstić information content (AvgIpc) is 2.67. The molecule has 2 rings (SSSR count). The molecule has 0 radical (unpaired) electrons. The molecule has 0 aromatic carbocycles. The molecule has 1 aromatic heterocycles. The molecule has 1 saturated heterocycles. The second-order valence-corrected chi connectivity index (χ2v) is 5.27. The van der Waals surface area contributed by atoms with E-state index >= 15 is 0 Å². The lowest BCUT2D eigenvalue weighted by molar-refractivity contribution is 0.152. The minimum atomic E-state index is 0.426. The van der Waals surface area contributed by atoms with Gasteiger partial charge in [0.05, 0.1) is 6.61 Å². The molecule has 0 aliphatic carbocycles. The SMILES string of the molecule is CC(C)c1cc(CCl)cc(N2CCCOCC2)n1. The van der Waals surface area contributed by atoms with E-state index in [-0.39, 0.29) is 0 Å². The maximum atomic E-state index is 5.98. The van der Waals surface area contributed by atoms with Crippen molar-refractivity contribution in [1.29, 1.82) is 0 Å². The Bertz CT molecular complexity index is 387. The van der Waals surface area contributed by atoms with Crippen molar-refractivity contribution in [3.8, 4) is 0 Å². The monoisotopic (exact) mass is 268 g/mol. The summed E-state index contributed by atoms with van der Waals surface area (Å²) in [6.45, 7) is 7.88. The lowest BCUT2D eigenvalue weighted by Crippen LogP contribution is -2.27. The quantitative estimate of drug-likeness (QED) is 0.788. The Labute approximate surface area is 114 Å². The third-order valence-corrected chi connectivity index (χ3v) is 3.49. The van der Waals surface area contributed by atoms with Gasteiger partial charge in [-0.3, -0.25) is 0 Å². The molecular formula is C14H21ClN2O. The normalized spacial score (nSPS) is 17.0. The van der Waals surface area contributed by atoms with Crippen molar-refractivity contribution in [3.63, 3.8) is 0 Å². The van der Waals surface area contributed by atoms with Crippen molar-refractivity contribution in [3.05, 3.63) is 23.4 Å². The van der Waals surface area contributed by atoms with E-state index in [1.54, 1.807) is 0 Å². The summed E-state index contributed by atoms with van der Waals surface area (Å²) in [5, 5.41) is 0. The molecule has 0 unspecified atom stereocenters.